The molecule has 0 amide bonds. The summed E-state index contributed by atoms with van der Waals surface area (Å²) in [5, 5.41) is 14.2. The second kappa shape index (κ2) is 8.46. The number of para-hydroxylation sites is 1. The molecule has 7 heteroatoms. The van der Waals surface area contributed by atoms with E-state index in [0.717, 1.165) is 10.2 Å². The molecule has 3 aromatic rings. The van der Waals surface area contributed by atoms with Crippen LogP contribution in [-0.4, -0.2) is 27.6 Å². The Morgan fingerprint density at radius 3 is 2.74 bits per heavy atom. The number of aliphatic hydroxyl groups excluding tert-OH is 1. The number of benzene rings is 2. The third-order valence-electron chi connectivity index (χ3n) is 3.85. The molecule has 0 aliphatic carbocycles. The van der Waals surface area contributed by atoms with Crippen molar-refractivity contribution in [3.63, 3.8) is 0 Å². The molecular weight excluding hydrogens is 351 g/mol. The first kappa shape index (κ1) is 18.6. The van der Waals surface area contributed by atoms with Crippen LogP contribution in [0.2, 0.25) is 0 Å². The normalized spacial score (nSPS) is 11.9. The molecule has 3 rings (SSSR count). The lowest BCUT2D eigenvalue weighted by Crippen LogP contribution is -2.29. The quantitative estimate of drug-likeness (QED) is 0.617. The van der Waals surface area contributed by atoms with Gasteiger partial charge >= 0.3 is 5.76 Å². The highest BCUT2D eigenvalue weighted by molar-refractivity contribution is 5.51. The fourth-order valence-electron chi connectivity index (χ4n) is 2.54. The van der Waals surface area contributed by atoms with Crippen molar-refractivity contribution >= 4 is 0 Å². The molecule has 1 aromatic heterocycles. The molecule has 2 aromatic carbocycles. The molecular formula is C20H19FN2O4. The van der Waals surface area contributed by atoms with Crippen molar-refractivity contribution in [2.75, 3.05) is 6.61 Å². The first-order chi connectivity index (χ1) is 13.1. The second-order valence-corrected chi connectivity index (χ2v) is 5.93. The van der Waals surface area contributed by atoms with Crippen LogP contribution >= 0.6 is 0 Å². The van der Waals surface area contributed by atoms with Crippen LogP contribution in [0.5, 0.6) is 5.75 Å². The van der Waals surface area contributed by atoms with Crippen LogP contribution in [-0.2, 0) is 13.0 Å². The van der Waals surface area contributed by atoms with E-state index in [4.69, 9.17) is 9.15 Å². The van der Waals surface area contributed by atoms with Gasteiger partial charge in [-0.2, -0.15) is 4.68 Å². The van der Waals surface area contributed by atoms with E-state index in [-0.39, 0.29) is 19.0 Å². The number of aliphatic hydroxyl groups is 1. The van der Waals surface area contributed by atoms with Gasteiger partial charge in [0.15, 0.2) is 0 Å². The van der Waals surface area contributed by atoms with E-state index in [1.165, 1.54) is 24.3 Å². The summed E-state index contributed by atoms with van der Waals surface area (Å²) < 4.78 is 24.7. The van der Waals surface area contributed by atoms with Gasteiger partial charge in [-0.05, 0) is 42.3 Å². The van der Waals surface area contributed by atoms with Gasteiger partial charge in [0.25, 0.3) is 0 Å². The molecule has 0 radical (unpaired) electrons. The summed E-state index contributed by atoms with van der Waals surface area (Å²) in [5.41, 5.74) is 1.42. The van der Waals surface area contributed by atoms with Crippen LogP contribution in [0.15, 0.2) is 70.4 Å². The van der Waals surface area contributed by atoms with E-state index >= 15 is 0 Å². The van der Waals surface area contributed by atoms with Gasteiger partial charge in [0, 0.05) is 5.56 Å². The van der Waals surface area contributed by atoms with Gasteiger partial charge in [0.1, 0.15) is 24.3 Å². The van der Waals surface area contributed by atoms with Crippen molar-refractivity contribution < 1.29 is 18.7 Å². The average Bonchev–Trinajstić information content (AvgIpc) is 3.02. The first-order valence-corrected chi connectivity index (χ1v) is 8.40. The smallest absolute Gasteiger partial charge is 0.437 e. The van der Waals surface area contributed by atoms with Crippen LogP contribution < -0.4 is 10.5 Å². The lowest BCUT2D eigenvalue weighted by Gasteiger charge is -2.14. The predicted octanol–water partition coefficient (Wildman–Crippen LogP) is 2.81. The highest BCUT2D eigenvalue weighted by atomic mass is 19.1. The summed E-state index contributed by atoms with van der Waals surface area (Å²) in [7, 11) is 0. The Bertz CT molecular complexity index is 963. The maximum absolute atomic E-state index is 13.0. The molecule has 0 saturated carbocycles. The van der Waals surface area contributed by atoms with Gasteiger partial charge in [0.2, 0.25) is 5.89 Å². The van der Waals surface area contributed by atoms with E-state index in [1.54, 1.807) is 12.1 Å². The Morgan fingerprint density at radius 1 is 1.26 bits per heavy atom. The van der Waals surface area contributed by atoms with Gasteiger partial charge in [-0.25, -0.2) is 9.18 Å². The van der Waals surface area contributed by atoms with E-state index in [2.05, 4.69) is 11.7 Å². The van der Waals surface area contributed by atoms with Crippen LogP contribution in [0.25, 0.3) is 11.5 Å². The fraction of sp³-hybridized carbons (Fsp3) is 0.200. The molecule has 1 heterocycles. The first-order valence-electron chi connectivity index (χ1n) is 8.40. The zero-order valence-electron chi connectivity index (χ0n) is 14.5. The van der Waals surface area contributed by atoms with Crippen LogP contribution in [0.3, 0.4) is 0 Å². The number of rotatable bonds is 8. The molecule has 27 heavy (non-hydrogen) atoms. The summed E-state index contributed by atoms with van der Waals surface area (Å²) in [6.07, 6.45) is 1.45. The monoisotopic (exact) mass is 370 g/mol. The van der Waals surface area contributed by atoms with E-state index < -0.39 is 17.7 Å². The van der Waals surface area contributed by atoms with Crippen LogP contribution in [0, 0.1) is 5.82 Å². The summed E-state index contributed by atoms with van der Waals surface area (Å²) in [5.74, 6) is -0.398. The standard InChI is InChI=1S/C20H19FN2O4/c1-2-5-14-6-3-4-7-18(14)26-13-17(24)12-23-20(25)27-19(22-23)15-8-10-16(21)11-9-15/h2-4,6-11,17,24H,1,5,12-13H2. The summed E-state index contributed by atoms with van der Waals surface area (Å²) >= 11 is 0. The zero-order valence-corrected chi connectivity index (χ0v) is 14.5. The lowest BCUT2D eigenvalue weighted by atomic mass is 10.1. The summed E-state index contributed by atoms with van der Waals surface area (Å²) in [6.45, 7) is 3.60. The molecule has 1 N–H and O–H groups in total. The molecule has 0 saturated heterocycles. The number of ether oxygens (including phenoxy) is 1. The minimum absolute atomic E-state index is 0.0145. The van der Waals surface area contributed by atoms with E-state index in [0.29, 0.717) is 17.7 Å². The number of nitrogens with zero attached hydrogens (tertiary/aromatic N) is 2. The molecule has 0 aliphatic rings. The topological polar surface area (TPSA) is 77.5 Å². The Morgan fingerprint density at radius 2 is 2.00 bits per heavy atom. The van der Waals surface area contributed by atoms with Gasteiger partial charge in [-0.3, -0.25) is 0 Å². The molecule has 0 bridgehead atoms. The zero-order chi connectivity index (χ0) is 19.2. The number of hydrogen-bond acceptors (Lipinski definition) is 5. The third kappa shape index (κ3) is 4.71. The van der Waals surface area contributed by atoms with Crippen molar-refractivity contribution in [1.29, 1.82) is 0 Å². The SMILES string of the molecule is C=CCc1ccccc1OCC(O)Cn1nc(-c2ccc(F)cc2)oc1=O. The van der Waals surface area contributed by atoms with E-state index in [9.17, 15) is 14.3 Å². The van der Waals surface area contributed by atoms with Crippen molar-refractivity contribution in [1.82, 2.24) is 9.78 Å². The number of aromatic nitrogens is 2. The van der Waals surface area contributed by atoms with Crippen molar-refractivity contribution in [2.45, 2.75) is 19.1 Å². The van der Waals surface area contributed by atoms with Gasteiger partial charge in [-0.15, -0.1) is 11.7 Å². The average molecular weight is 370 g/mol. The van der Waals surface area contributed by atoms with Crippen molar-refractivity contribution in [3.8, 4) is 17.2 Å². The van der Waals surface area contributed by atoms with Gasteiger partial charge < -0.3 is 14.3 Å². The van der Waals surface area contributed by atoms with E-state index in [1.807, 2.05) is 18.2 Å². The Balaban J connectivity index is 1.65. The van der Waals surface area contributed by atoms with Gasteiger partial charge in [0.05, 0.1) is 6.54 Å². The maximum atomic E-state index is 13.0. The Kier molecular flexibility index (Phi) is 5.83. The molecule has 140 valence electrons. The maximum Gasteiger partial charge on any atom is 0.437 e. The van der Waals surface area contributed by atoms with Crippen molar-refractivity contribution in [3.05, 3.63) is 83.1 Å². The minimum atomic E-state index is -0.967. The molecule has 1 unspecified atom stereocenters. The molecule has 0 aliphatic heterocycles. The number of halogens is 1. The molecule has 1 atom stereocenters. The predicted molar refractivity (Wildman–Crippen MR) is 98.0 cm³/mol. The second-order valence-electron chi connectivity index (χ2n) is 5.93. The highest BCUT2D eigenvalue weighted by Gasteiger charge is 2.15. The lowest BCUT2D eigenvalue weighted by molar-refractivity contribution is 0.0871. The van der Waals surface area contributed by atoms with Gasteiger partial charge in [-0.1, -0.05) is 24.3 Å². The fourth-order valence-corrected chi connectivity index (χ4v) is 2.54. The Labute approximate surface area is 155 Å². The van der Waals surface area contributed by atoms with Crippen LogP contribution in [0.4, 0.5) is 4.39 Å². The molecule has 0 spiro atoms. The number of allylic oxidation sites excluding steroid dienone is 1. The van der Waals surface area contributed by atoms with Crippen molar-refractivity contribution in [2.24, 2.45) is 0 Å². The minimum Gasteiger partial charge on any atom is -0.491 e. The highest BCUT2D eigenvalue weighted by Crippen LogP contribution is 2.19. The molecule has 6 nitrogen and oxygen atoms in total. The Hall–Kier alpha value is -3.19. The largest absolute Gasteiger partial charge is 0.491 e. The summed E-state index contributed by atoms with van der Waals surface area (Å²) in [4.78, 5) is 11.9. The number of hydrogen-bond donors (Lipinski definition) is 1. The molecule has 0 fully saturated rings. The van der Waals surface area contributed by atoms with Crippen LogP contribution in [0.1, 0.15) is 5.56 Å². The summed E-state index contributed by atoms with van der Waals surface area (Å²) in [6, 6.07) is 12.9. The third-order valence-corrected chi connectivity index (χ3v) is 3.85.